The summed E-state index contributed by atoms with van der Waals surface area (Å²) in [6.45, 7) is 5.29. The second-order valence-electron chi connectivity index (χ2n) is 6.08. The topological polar surface area (TPSA) is 33.7 Å². The predicted molar refractivity (Wildman–Crippen MR) is 84.1 cm³/mol. The molecule has 1 N–H and O–H groups in total. The first-order valence-corrected chi connectivity index (χ1v) is 8.08. The first-order chi connectivity index (χ1) is 10.3. The molecule has 1 aliphatic heterocycles. The fourth-order valence-corrected chi connectivity index (χ4v) is 3.01. The molecular formula is C17H26N2O2. The lowest BCUT2D eigenvalue weighted by atomic mass is 10.2. The molecule has 0 spiro atoms. The Hall–Kier alpha value is -1.26. The van der Waals surface area contributed by atoms with Gasteiger partial charge in [-0.05, 0) is 62.5 Å². The van der Waals surface area contributed by atoms with Crippen LogP contribution in [0.15, 0.2) is 24.3 Å². The lowest BCUT2D eigenvalue weighted by Crippen LogP contribution is -2.40. The molecule has 1 aliphatic carbocycles. The zero-order valence-corrected chi connectivity index (χ0v) is 12.9. The molecule has 2 fully saturated rings. The van der Waals surface area contributed by atoms with Crippen molar-refractivity contribution in [3.05, 3.63) is 24.3 Å². The van der Waals surface area contributed by atoms with Gasteiger partial charge in [0.25, 0.3) is 0 Å². The minimum atomic E-state index is 0.702. The highest BCUT2D eigenvalue weighted by Crippen LogP contribution is 2.33. The Morgan fingerprint density at radius 3 is 2.67 bits per heavy atom. The monoisotopic (exact) mass is 290 g/mol. The summed E-state index contributed by atoms with van der Waals surface area (Å²) in [4.78, 5) is 2.55. The number of nitrogens with zero attached hydrogens (tertiary/aromatic N) is 1. The number of benzene rings is 1. The van der Waals surface area contributed by atoms with Gasteiger partial charge in [0.15, 0.2) is 0 Å². The molecule has 4 nitrogen and oxygen atoms in total. The first-order valence-electron chi connectivity index (χ1n) is 8.08. The Kier molecular flexibility index (Phi) is 4.99. The van der Waals surface area contributed by atoms with Gasteiger partial charge in [-0.2, -0.15) is 0 Å². The van der Waals surface area contributed by atoms with Crippen LogP contribution in [0.3, 0.4) is 0 Å². The summed E-state index contributed by atoms with van der Waals surface area (Å²) >= 11 is 0. The van der Waals surface area contributed by atoms with Crippen molar-refractivity contribution in [3.8, 4) is 11.5 Å². The summed E-state index contributed by atoms with van der Waals surface area (Å²) < 4.78 is 11.0. The van der Waals surface area contributed by atoms with Gasteiger partial charge >= 0.3 is 0 Å². The van der Waals surface area contributed by atoms with E-state index in [0.717, 1.165) is 37.1 Å². The van der Waals surface area contributed by atoms with Crippen LogP contribution < -0.4 is 14.8 Å². The van der Waals surface area contributed by atoms with E-state index in [-0.39, 0.29) is 0 Å². The Morgan fingerprint density at radius 2 is 1.95 bits per heavy atom. The summed E-state index contributed by atoms with van der Waals surface area (Å²) in [6.07, 6.45) is 4.06. The molecule has 4 heteroatoms. The van der Waals surface area contributed by atoms with Gasteiger partial charge in [-0.25, -0.2) is 0 Å². The van der Waals surface area contributed by atoms with Crippen molar-refractivity contribution >= 4 is 0 Å². The van der Waals surface area contributed by atoms with Crippen LogP contribution in [0, 0.1) is 5.92 Å². The van der Waals surface area contributed by atoms with Crippen LogP contribution >= 0.6 is 0 Å². The molecule has 21 heavy (non-hydrogen) atoms. The van der Waals surface area contributed by atoms with Gasteiger partial charge in [0.2, 0.25) is 0 Å². The first kappa shape index (κ1) is 14.7. The average Bonchev–Trinajstić information content (AvgIpc) is 3.35. The Morgan fingerprint density at radius 1 is 1.19 bits per heavy atom. The molecular weight excluding hydrogens is 264 g/mol. The van der Waals surface area contributed by atoms with E-state index < -0.39 is 0 Å². The van der Waals surface area contributed by atoms with Crippen LogP contribution in [0.2, 0.25) is 0 Å². The van der Waals surface area contributed by atoms with Gasteiger partial charge in [-0.15, -0.1) is 0 Å². The van der Waals surface area contributed by atoms with E-state index in [1.807, 2.05) is 24.3 Å². The van der Waals surface area contributed by atoms with E-state index in [1.54, 1.807) is 7.11 Å². The Balaban J connectivity index is 1.42. The highest BCUT2D eigenvalue weighted by atomic mass is 16.5. The Bertz CT molecular complexity index is 431. The van der Waals surface area contributed by atoms with Crippen LogP contribution in [0.5, 0.6) is 11.5 Å². The lowest BCUT2D eigenvalue weighted by Gasteiger charge is -2.24. The average molecular weight is 290 g/mol. The summed E-state index contributed by atoms with van der Waals surface area (Å²) in [5, 5.41) is 3.70. The quantitative estimate of drug-likeness (QED) is 0.870. The number of nitrogens with one attached hydrogen (secondary N) is 1. The molecule has 1 atom stereocenters. The second kappa shape index (κ2) is 7.14. The van der Waals surface area contributed by atoms with Crippen LogP contribution in [0.4, 0.5) is 0 Å². The largest absolute Gasteiger partial charge is 0.497 e. The van der Waals surface area contributed by atoms with Gasteiger partial charge in [0, 0.05) is 19.1 Å². The van der Waals surface area contributed by atoms with Crippen molar-refractivity contribution < 1.29 is 9.47 Å². The molecule has 1 aromatic carbocycles. The fourth-order valence-electron chi connectivity index (χ4n) is 3.01. The molecule has 3 rings (SSSR count). The molecule has 1 aromatic rings. The zero-order chi connectivity index (χ0) is 14.5. The molecule has 0 amide bonds. The lowest BCUT2D eigenvalue weighted by molar-refractivity contribution is 0.202. The summed E-state index contributed by atoms with van der Waals surface area (Å²) in [5.41, 5.74) is 0. The number of hydrogen-bond donors (Lipinski definition) is 1. The number of rotatable bonds is 6. The van der Waals surface area contributed by atoms with Crippen LogP contribution in [0.25, 0.3) is 0 Å². The highest BCUT2D eigenvalue weighted by molar-refractivity contribution is 5.31. The van der Waals surface area contributed by atoms with E-state index in [2.05, 4.69) is 10.2 Å². The number of hydrogen-bond acceptors (Lipinski definition) is 4. The fraction of sp³-hybridized carbons (Fsp3) is 0.647. The molecule has 2 aliphatic rings. The van der Waals surface area contributed by atoms with Crippen LogP contribution in [-0.2, 0) is 0 Å². The summed E-state index contributed by atoms with van der Waals surface area (Å²) in [6, 6.07) is 8.52. The third kappa shape index (κ3) is 4.35. The van der Waals surface area contributed by atoms with Gasteiger partial charge < -0.3 is 14.8 Å². The van der Waals surface area contributed by atoms with Gasteiger partial charge in [-0.1, -0.05) is 0 Å². The maximum atomic E-state index is 5.84. The van der Waals surface area contributed by atoms with E-state index >= 15 is 0 Å². The molecule has 1 saturated carbocycles. The molecule has 1 saturated heterocycles. The Labute approximate surface area is 127 Å². The second-order valence-corrected chi connectivity index (χ2v) is 6.08. The smallest absolute Gasteiger partial charge is 0.119 e. The van der Waals surface area contributed by atoms with Crippen molar-refractivity contribution in [1.29, 1.82) is 0 Å². The van der Waals surface area contributed by atoms with Crippen molar-refractivity contribution in [2.24, 2.45) is 5.92 Å². The molecule has 1 unspecified atom stereocenters. The SMILES string of the molecule is COc1ccc(OCCN2CCCNC(C3CC3)C2)cc1. The highest BCUT2D eigenvalue weighted by Gasteiger charge is 2.32. The normalized spacial score (nSPS) is 23.6. The third-order valence-electron chi connectivity index (χ3n) is 4.44. The maximum absolute atomic E-state index is 5.84. The standard InChI is InChI=1S/C17H26N2O2/c1-20-15-5-7-16(8-6-15)21-12-11-19-10-2-9-18-17(13-19)14-3-4-14/h5-8,14,17-18H,2-4,9-13H2,1H3. The van der Waals surface area contributed by atoms with Crippen molar-refractivity contribution in [1.82, 2.24) is 10.2 Å². The maximum Gasteiger partial charge on any atom is 0.119 e. The molecule has 0 radical (unpaired) electrons. The van der Waals surface area contributed by atoms with Crippen molar-refractivity contribution in [2.45, 2.75) is 25.3 Å². The van der Waals surface area contributed by atoms with Gasteiger partial charge in [-0.3, -0.25) is 4.90 Å². The van der Waals surface area contributed by atoms with E-state index in [1.165, 1.54) is 32.4 Å². The van der Waals surface area contributed by atoms with Crippen molar-refractivity contribution in [2.75, 3.05) is 39.9 Å². The van der Waals surface area contributed by atoms with Crippen molar-refractivity contribution in [3.63, 3.8) is 0 Å². The number of methoxy groups -OCH3 is 1. The minimum Gasteiger partial charge on any atom is -0.497 e. The van der Waals surface area contributed by atoms with Crippen LogP contribution in [0.1, 0.15) is 19.3 Å². The molecule has 1 heterocycles. The van der Waals surface area contributed by atoms with E-state index in [9.17, 15) is 0 Å². The van der Waals surface area contributed by atoms with Crippen LogP contribution in [-0.4, -0.2) is 50.8 Å². The van der Waals surface area contributed by atoms with E-state index in [4.69, 9.17) is 9.47 Å². The molecule has 116 valence electrons. The zero-order valence-electron chi connectivity index (χ0n) is 12.9. The van der Waals surface area contributed by atoms with Gasteiger partial charge in [0.1, 0.15) is 18.1 Å². The molecule has 0 bridgehead atoms. The number of ether oxygens (including phenoxy) is 2. The van der Waals surface area contributed by atoms with E-state index in [0.29, 0.717) is 6.04 Å². The summed E-state index contributed by atoms with van der Waals surface area (Å²) in [5.74, 6) is 2.71. The minimum absolute atomic E-state index is 0.702. The molecule has 0 aromatic heterocycles. The predicted octanol–water partition coefficient (Wildman–Crippen LogP) is 2.15. The van der Waals surface area contributed by atoms with Gasteiger partial charge in [0.05, 0.1) is 7.11 Å². The summed E-state index contributed by atoms with van der Waals surface area (Å²) in [7, 11) is 1.68. The third-order valence-corrected chi connectivity index (χ3v) is 4.44.